The van der Waals surface area contributed by atoms with Crippen molar-refractivity contribution in [2.24, 2.45) is 0 Å². The van der Waals surface area contributed by atoms with Crippen LogP contribution in [0.4, 0.5) is 0 Å². The molecule has 0 saturated carbocycles. The molecule has 0 amide bonds. The second-order valence-electron chi connectivity index (χ2n) is 2.40. The molecule has 0 spiro atoms. The maximum absolute atomic E-state index is 11.2. The number of methoxy groups -OCH3 is 1. The monoisotopic (exact) mass is 194 g/mol. The maximum atomic E-state index is 11.2. The Bertz CT molecular complexity index is 433. The molecule has 14 heavy (non-hydrogen) atoms. The molecule has 1 N–H and O–H groups in total. The number of esters is 1. The van der Waals surface area contributed by atoms with Crippen LogP contribution in [0.15, 0.2) is 16.9 Å². The van der Waals surface area contributed by atoms with Gasteiger partial charge in [-0.05, 0) is 0 Å². The van der Waals surface area contributed by atoms with Crippen molar-refractivity contribution in [2.45, 2.75) is 0 Å². The fourth-order valence-electron chi connectivity index (χ4n) is 0.983. The predicted octanol–water partition coefficient (Wildman–Crippen LogP) is 0.246. The first kappa shape index (κ1) is 8.42. The number of rotatable bonds is 2. The molecule has 0 aliphatic heterocycles. The minimum Gasteiger partial charge on any atom is -0.464 e. The first-order valence-corrected chi connectivity index (χ1v) is 3.72. The van der Waals surface area contributed by atoms with Crippen LogP contribution < -0.4 is 0 Å². The first-order chi connectivity index (χ1) is 6.83. The topological polar surface area (TPSA) is 93.9 Å². The zero-order valence-electron chi connectivity index (χ0n) is 7.22. The summed E-state index contributed by atoms with van der Waals surface area (Å²) < 4.78 is 9.14. The molecule has 0 fully saturated rings. The molecule has 0 atom stereocenters. The minimum absolute atomic E-state index is 0.0846. The van der Waals surface area contributed by atoms with Gasteiger partial charge in [-0.15, -0.1) is 5.10 Å². The number of hydrogen-bond acceptors (Lipinski definition) is 6. The van der Waals surface area contributed by atoms with E-state index in [0.717, 1.165) is 0 Å². The molecule has 0 aliphatic rings. The lowest BCUT2D eigenvalue weighted by Gasteiger charge is -1.93. The SMILES string of the molecule is COC(=O)c1n[nH]nc1-c1ccon1. The summed E-state index contributed by atoms with van der Waals surface area (Å²) in [5.74, 6) is -0.572. The van der Waals surface area contributed by atoms with Gasteiger partial charge in [-0.3, -0.25) is 0 Å². The molecule has 0 bridgehead atoms. The van der Waals surface area contributed by atoms with Crippen molar-refractivity contribution < 1.29 is 14.1 Å². The zero-order chi connectivity index (χ0) is 9.97. The third-order valence-corrected chi connectivity index (χ3v) is 1.61. The van der Waals surface area contributed by atoms with Crippen LogP contribution in [0.5, 0.6) is 0 Å². The standard InChI is InChI=1S/C7H6N4O3/c1-13-7(12)6-5(8-11-9-6)4-2-3-14-10-4/h2-3H,1H3,(H,8,9,11). The van der Waals surface area contributed by atoms with Gasteiger partial charge < -0.3 is 9.26 Å². The van der Waals surface area contributed by atoms with Gasteiger partial charge in [-0.2, -0.15) is 10.3 Å². The third kappa shape index (κ3) is 1.24. The Balaban J connectivity index is 2.45. The van der Waals surface area contributed by atoms with E-state index in [2.05, 4.69) is 29.8 Å². The highest BCUT2D eigenvalue weighted by Gasteiger charge is 2.19. The fourth-order valence-corrected chi connectivity index (χ4v) is 0.983. The third-order valence-electron chi connectivity index (χ3n) is 1.61. The molecule has 0 aromatic carbocycles. The van der Waals surface area contributed by atoms with Gasteiger partial charge in [0.15, 0.2) is 5.69 Å². The number of aromatic nitrogens is 4. The maximum Gasteiger partial charge on any atom is 0.361 e. The van der Waals surface area contributed by atoms with E-state index in [1.165, 1.54) is 13.4 Å². The van der Waals surface area contributed by atoms with Gasteiger partial charge in [0.05, 0.1) is 7.11 Å². The normalized spacial score (nSPS) is 10.1. The highest BCUT2D eigenvalue weighted by molar-refractivity contribution is 5.93. The number of aromatic amines is 1. The van der Waals surface area contributed by atoms with Crippen molar-refractivity contribution in [3.8, 4) is 11.4 Å². The molecule has 0 unspecified atom stereocenters. The van der Waals surface area contributed by atoms with Crippen LogP contribution in [0.3, 0.4) is 0 Å². The van der Waals surface area contributed by atoms with Crippen molar-refractivity contribution in [3.63, 3.8) is 0 Å². The largest absolute Gasteiger partial charge is 0.464 e. The Morgan fingerprint density at radius 2 is 2.43 bits per heavy atom. The average molecular weight is 194 g/mol. The van der Waals surface area contributed by atoms with E-state index in [9.17, 15) is 4.79 Å². The van der Waals surface area contributed by atoms with Crippen LogP contribution in [0.25, 0.3) is 11.4 Å². The zero-order valence-corrected chi connectivity index (χ0v) is 7.22. The Morgan fingerprint density at radius 1 is 1.57 bits per heavy atom. The Kier molecular flexibility index (Phi) is 1.98. The second kappa shape index (κ2) is 3.29. The van der Waals surface area contributed by atoms with Gasteiger partial charge in [0.1, 0.15) is 17.7 Å². The van der Waals surface area contributed by atoms with Gasteiger partial charge in [0.2, 0.25) is 0 Å². The molecular weight excluding hydrogens is 188 g/mol. The number of carbonyl (C=O) groups is 1. The quantitative estimate of drug-likeness (QED) is 0.688. The van der Waals surface area contributed by atoms with Gasteiger partial charge in [-0.1, -0.05) is 5.16 Å². The summed E-state index contributed by atoms with van der Waals surface area (Å²) in [7, 11) is 1.27. The number of nitrogens with zero attached hydrogens (tertiary/aromatic N) is 3. The smallest absolute Gasteiger partial charge is 0.361 e. The molecule has 7 heteroatoms. The van der Waals surface area contributed by atoms with Crippen molar-refractivity contribution >= 4 is 5.97 Å². The second-order valence-corrected chi connectivity index (χ2v) is 2.40. The van der Waals surface area contributed by atoms with Crippen LogP contribution in [0.1, 0.15) is 10.5 Å². The summed E-state index contributed by atoms with van der Waals surface area (Å²) in [5, 5.41) is 13.4. The Morgan fingerprint density at radius 3 is 3.07 bits per heavy atom. The molecule has 2 aromatic heterocycles. The van der Waals surface area contributed by atoms with Crippen LogP contribution >= 0.6 is 0 Å². The molecule has 0 radical (unpaired) electrons. The molecule has 0 saturated heterocycles. The number of H-pyrrole nitrogens is 1. The lowest BCUT2D eigenvalue weighted by molar-refractivity contribution is 0.0595. The predicted molar refractivity (Wildman–Crippen MR) is 43.2 cm³/mol. The van der Waals surface area contributed by atoms with Gasteiger partial charge in [-0.25, -0.2) is 4.79 Å². The molecule has 72 valence electrons. The van der Waals surface area contributed by atoms with Gasteiger partial charge in [0, 0.05) is 6.07 Å². The Hall–Kier alpha value is -2.18. The van der Waals surface area contributed by atoms with E-state index in [1.807, 2.05) is 0 Å². The lowest BCUT2D eigenvalue weighted by Crippen LogP contribution is -2.03. The summed E-state index contributed by atoms with van der Waals surface area (Å²) in [4.78, 5) is 11.2. The molecule has 2 rings (SSSR count). The number of hydrogen-bond donors (Lipinski definition) is 1. The number of ether oxygens (including phenoxy) is 1. The van der Waals surface area contributed by atoms with Gasteiger partial charge >= 0.3 is 5.97 Å². The van der Waals surface area contributed by atoms with Gasteiger partial charge in [0.25, 0.3) is 0 Å². The molecule has 7 nitrogen and oxygen atoms in total. The van der Waals surface area contributed by atoms with Crippen molar-refractivity contribution in [1.29, 1.82) is 0 Å². The van der Waals surface area contributed by atoms with Crippen LogP contribution in [-0.2, 0) is 4.74 Å². The molecule has 2 heterocycles. The Labute approximate surface area is 78.0 Å². The summed E-state index contributed by atoms with van der Waals surface area (Å²) in [5.41, 5.74) is 0.825. The van der Waals surface area contributed by atoms with Crippen LogP contribution in [0.2, 0.25) is 0 Å². The van der Waals surface area contributed by atoms with E-state index >= 15 is 0 Å². The van der Waals surface area contributed by atoms with E-state index in [4.69, 9.17) is 0 Å². The van der Waals surface area contributed by atoms with Crippen LogP contribution in [0, 0.1) is 0 Å². The average Bonchev–Trinajstić information content (AvgIpc) is 2.85. The lowest BCUT2D eigenvalue weighted by atomic mass is 10.2. The van der Waals surface area contributed by atoms with E-state index in [-0.39, 0.29) is 5.69 Å². The first-order valence-electron chi connectivity index (χ1n) is 3.72. The van der Waals surface area contributed by atoms with Crippen LogP contribution in [-0.4, -0.2) is 33.6 Å². The summed E-state index contributed by atoms with van der Waals surface area (Å²) >= 11 is 0. The van der Waals surface area contributed by atoms with Crippen molar-refractivity contribution in [1.82, 2.24) is 20.6 Å². The van der Waals surface area contributed by atoms with Crippen molar-refractivity contribution in [3.05, 3.63) is 18.0 Å². The fraction of sp³-hybridized carbons (Fsp3) is 0.143. The number of nitrogens with one attached hydrogen (secondary N) is 1. The molecule has 0 aliphatic carbocycles. The van der Waals surface area contributed by atoms with E-state index in [0.29, 0.717) is 11.4 Å². The highest BCUT2D eigenvalue weighted by atomic mass is 16.5. The minimum atomic E-state index is -0.572. The summed E-state index contributed by atoms with van der Waals surface area (Å²) in [6.45, 7) is 0. The van der Waals surface area contributed by atoms with E-state index < -0.39 is 5.97 Å². The number of carbonyl (C=O) groups excluding carboxylic acids is 1. The summed E-state index contributed by atoms with van der Waals surface area (Å²) in [6.07, 6.45) is 1.38. The molecule has 2 aromatic rings. The van der Waals surface area contributed by atoms with E-state index in [1.54, 1.807) is 6.07 Å². The van der Waals surface area contributed by atoms with Crippen molar-refractivity contribution in [2.75, 3.05) is 7.11 Å². The molecular formula is C7H6N4O3. The summed E-state index contributed by atoms with van der Waals surface area (Å²) in [6, 6.07) is 1.57. The highest BCUT2D eigenvalue weighted by Crippen LogP contribution is 2.17.